The number of likely N-dealkylation sites (N-methyl/N-ethyl adjacent to an activating group) is 2. The van der Waals surface area contributed by atoms with E-state index in [1.165, 1.54) is 4.57 Å². The van der Waals surface area contributed by atoms with Gasteiger partial charge >= 0.3 is 5.97 Å². The summed E-state index contributed by atoms with van der Waals surface area (Å²) < 4.78 is 31.5. The monoisotopic (exact) mass is 380 g/mol. The molecule has 0 saturated carbocycles. The van der Waals surface area contributed by atoms with Crippen molar-refractivity contribution >= 4 is 22.6 Å². The maximum atomic E-state index is 15.4. The molecule has 1 aliphatic heterocycles. The quantitative estimate of drug-likeness (QED) is 0.717. The van der Waals surface area contributed by atoms with Crippen LogP contribution in [0, 0.1) is 11.6 Å². The number of carboxylic acids is 1. The van der Waals surface area contributed by atoms with Gasteiger partial charge in [-0.1, -0.05) is 0 Å². The summed E-state index contributed by atoms with van der Waals surface area (Å²) in [5.74, 6) is -3.16. The number of carbonyl (C=O) groups is 1. The standard InChI is InChI=1S/C18H22F2N4O3/c1-4-23-6-10(18(26)27)17(25)9-5-11(19)16(14(20)15(9)23)24-7-12(21-2)13(8-24)22-3/h5-6,12-13,21-22H,4,7-8H2,1-3H3,(H,26,27)/t12-,13-/m1/s1. The molecule has 1 saturated heterocycles. The van der Waals surface area contributed by atoms with Crippen molar-refractivity contribution in [2.75, 3.05) is 32.1 Å². The number of carboxylic acid groups (broad SMARTS) is 1. The van der Waals surface area contributed by atoms with E-state index in [1.807, 2.05) is 0 Å². The predicted octanol–water partition coefficient (Wildman–Crippen LogP) is 0.994. The van der Waals surface area contributed by atoms with Gasteiger partial charge < -0.3 is 25.2 Å². The van der Waals surface area contributed by atoms with Crippen LogP contribution in [-0.2, 0) is 6.54 Å². The van der Waals surface area contributed by atoms with Crippen molar-refractivity contribution in [1.82, 2.24) is 15.2 Å². The van der Waals surface area contributed by atoms with Crippen LogP contribution in [0.4, 0.5) is 14.5 Å². The van der Waals surface area contributed by atoms with E-state index in [-0.39, 0.29) is 35.2 Å². The van der Waals surface area contributed by atoms with Gasteiger partial charge in [0.2, 0.25) is 5.43 Å². The Bertz CT molecular complexity index is 948. The van der Waals surface area contributed by atoms with Crippen molar-refractivity contribution in [2.24, 2.45) is 0 Å². The zero-order valence-corrected chi connectivity index (χ0v) is 15.3. The molecule has 3 N–H and O–H groups in total. The third-order valence-corrected chi connectivity index (χ3v) is 5.18. The van der Waals surface area contributed by atoms with Gasteiger partial charge in [-0.05, 0) is 27.1 Å². The number of pyridine rings is 1. The second-order valence-corrected chi connectivity index (χ2v) is 6.58. The third kappa shape index (κ3) is 3.06. The van der Waals surface area contributed by atoms with Gasteiger partial charge in [-0.2, -0.15) is 0 Å². The number of fused-ring (bicyclic) bond motifs is 1. The molecule has 2 aromatic rings. The Morgan fingerprint density at radius 3 is 2.33 bits per heavy atom. The zero-order chi connectivity index (χ0) is 19.9. The number of aromatic nitrogens is 1. The van der Waals surface area contributed by atoms with E-state index in [1.54, 1.807) is 25.9 Å². The molecular weight excluding hydrogens is 358 g/mol. The fourth-order valence-corrected chi connectivity index (χ4v) is 3.74. The van der Waals surface area contributed by atoms with Gasteiger partial charge in [-0.25, -0.2) is 13.6 Å². The fraction of sp³-hybridized carbons (Fsp3) is 0.444. The van der Waals surface area contributed by atoms with Crippen molar-refractivity contribution in [1.29, 1.82) is 0 Å². The Morgan fingerprint density at radius 2 is 1.85 bits per heavy atom. The number of nitrogens with one attached hydrogen (secondary N) is 2. The van der Waals surface area contributed by atoms with Crippen LogP contribution in [0.3, 0.4) is 0 Å². The maximum Gasteiger partial charge on any atom is 0.341 e. The minimum Gasteiger partial charge on any atom is -0.477 e. The molecule has 1 fully saturated rings. The average Bonchev–Trinajstić information content (AvgIpc) is 3.05. The van der Waals surface area contributed by atoms with E-state index in [2.05, 4.69) is 10.6 Å². The van der Waals surface area contributed by atoms with E-state index >= 15 is 4.39 Å². The normalized spacial score (nSPS) is 19.8. The molecule has 0 bridgehead atoms. The summed E-state index contributed by atoms with van der Waals surface area (Å²) in [5, 5.41) is 15.2. The number of rotatable bonds is 5. The number of nitrogens with zero attached hydrogens (tertiary/aromatic N) is 2. The summed E-state index contributed by atoms with van der Waals surface area (Å²) in [4.78, 5) is 25.3. The van der Waals surface area contributed by atoms with E-state index in [9.17, 15) is 19.1 Å². The summed E-state index contributed by atoms with van der Waals surface area (Å²) in [6.45, 7) is 2.72. The van der Waals surface area contributed by atoms with Gasteiger partial charge in [0, 0.05) is 37.9 Å². The lowest BCUT2D eigenvalue weighted by Crippen LogP contribution is -2.43. The highest BCUT2D eigenvalue weighted by atomic mass is 19.1. The van der Waals surface area contributed by atoms with Crippen molar-refractivity contribution in [3.63, 3.8) is 0 Å². The van der Waals surface area contributed by atoms with Crippen LogP contribution in [0.25, 0.3) is 10.9 Å². The summed E-state index contributed by atoms with van der Waals surface area (Å²) >= 11 is 0. The lowest BCUT2D eigenvalue weighted by atomic mass is 10.1. The van der Waals surface area contributed by atoms with Crippen LogP contribution >= 0.6 is 0 Å². The first kappa shape index (κ1) is 19.2. The Labute approximate surface area is 154 Å². The maximum absolute atomic E-state index is 15.4. The SMILES string of the molecule is CCn1cc(C(=O)O)c(=O)c2cc(F)c(N3C[C@@H](NC)[C@H](NC)C3)c(F)c21. The predicted molar refractivity (Wildman–Crippen MR) is 98.7 cm³/mol. The number of anilines is 1. The lowest BCUT2D eigenvalue weighted by Gasteiger charge is -2.22. The van der Waals surface area contributed by atoms with Gasteiger partial charge in [0.05, 0.1) is 10.9 Å². The largest absolute Gasteiger partial charge is 0.477 e. The molecule has 9 heteroatoms. The molecule has 146 valence electrons. The third-order valence-electron chi connectivity index (χ3n) is 5.18. The molecule has 7 nitrogen and oxygen atoms in total. The molecule has 3 rings (SSSR count). The zero-order valence-electron chi connectivity index (χ0n) is 15.3. The number of halogens is 2. The lowest BCUT2D eigenvalue weighted by molar-refractivity contribution is 0.0695. The molecule has 2 atom stereocenters. The van der Waals surface area contributed by atoms with E-state index < -0.39 is 28.6 Å². The summed E-state index contributed by atoms with van der Waals surface area (Å²) in [7, 11) is 3.57. The molecule has 0 spiro atoms. The van der Waals surface area contributed by atoms with E-state index in [0.29, 0.717) is 13.1 Å². The Balaban J connectivity index is 2.24. The summed E-state index contributed by atoms with van der Waals surface area (Å²) in [5.41, 5.74) is -1.69. The molecular formula is C18H22F2N4O3. The van der Waals surface area contributed by atoms with E-state index in [0.717, 1.165) is 12.3 Å². The second-order valence-electron chi connectivity index (χ2n) is 6.58. The van der Waals surface area contributed by atoms with E-state index in [4.69, 9.17) is 0 Å². The van der Waals surface area contributed by atoms with Gasteiger partial charge in [0.1, 0.15) is 17.1 Å². The summed E-state index contributed by atoms with van der Waals surface area (Å²) in [6, 6.07) is 0.954. The molecule has 1 aromatic carbocycles. The van der Waals surface area contributed by atoms with Gasteiger partial charge in [-0.3, -0.25) is 4.79 Å². The molecule has 0 aliphatic carbocycles. The number of hydrogen-bond donors (Lipinski definition) is 3. The molecule has 0 amide bonds. The van der Waals surface area contributed by atoms with Crippen molar-refractivity contribution in [3.05, 3.63) is 39.7 Å². The Morgan fingerprint density at radius 1 is 1.26 bits per heavy atom. The van der Waals surface area contributed by atoms with Gasteiger partial charge in [0.15, 0.2) is 5.82 Å². The topological polar surface area (TPSA) is 86.6 Å². The Kier molecular flexibility index (Phi) is 5.16. The average molecular weight is 380 g/mol. The Hall–Kier alpha value is -2.52. The minimum atomic E-state index is -1.43. The van der Waals surface area contributed by atoms with Crippen molar-refractivity contribution in [3.8, 4) is 0 Å². The van der Waals surface area contributed by atoms with Crippen LogP contribution in [0.1, 0.15) is 17.3 Å². The molecule has 0 unspecified atom stereocenters. The highest BCUT2D eigenvalue weighted by Gasteiger charge is 2.34. The number of aryl methyl sites for hydroxylation is 1. The first-order valence-corrected chi connectivity index (χ1v) is 8.71. The molecule has 1 aliphatic rings. The highest BCUT2D eigenvalue weighted by Crippen LogP contribution is 2.32. The van der Waals surface area contributed by atoms with Crippen molar-refractivity contribution in [2.45, 2.75) is 25.6 Å². The summed E-state index contributed by atoms with van der Waals surface area (Å²) in [6.07, 6.45) is 1.11. The second kappa shape index (κ2) is 7.24. The van der Waals surface area contributed by atoms with Crippen LogP contribution < -0.4 is 21.0 Å². The minimum absolute atomic E-state index is 0.00671. The molecule has 2 heterocycles. The molecule has 0 radical (unpaired) electrons. The first-order chi connectivity index (χ1) is 12.8. The van der Waals surface area contributed by atoms with Gasteiger partial charge in [-0.15, -0.1) is 0 Å². The van der Waals surface area contributed by atoms with Crippen LogP contribution in [-0.4, -0.2) is 54.9 Å². The number of benzene rings is 1. The first-order valence-electron chi connectivity index (χ1n) is 8.71. The molecule has 1 aromatic heterocycles. The van der Waals surface area contributed by atoms with Gasteiger partial charge in [0.25, 0.3) is 0 Å². The highest BCUT2D eigenvalue weighted by molar-refractivity contribution is 5.93. The molecule has 27 heavy (non-hydrogen) atoms. The van der Waals surface area contributed by atoms with Crippen molar-refractivity contribution < 1.29 is 18.7 Å². The smallest absolute Gasteiger partial charge is 0.341 e. The van der Waals surface area contributed by atoms with Crippen LogP contribution in [0.2, 0.25) is 0 Å². The van der Waals surface area contributed by atoms with Crippen LogP contribution in [0.5, 0.6) is 0 Å². The fourth-order valence-electron chi connectivity index (χ4n) is 3.74. The van der Waals surface area contributed by atoms with Crippen LogP contribution in [0.15, 0.2) is 17.1 Å². The number of hydrogen-bond acceptors (Lipinski definition) is 5. The number of aromatic carboxylic acids is 1.